The Balaban J connectivity index is 1.57. The Hall–Kier alpha value is -1.60. The highest BCUT2D eigenvalue weighted by Crippen LogP contribution is 2.20. The average Bonchev–Trinajstić information content (AvgIpc) is 3.00. The van der Waals surface area contributed by atoms with E-state index in [0.717, 1.165) is 23.3 Å². The largest absolute Gasteiger partial charge is 0.401 e. The number of para-hydroxylation sites is 2. The normalized spacial score (nSPS) is 20.1. The standard InChI is InChI=1S/C15H19F3N4/c1-21-13-5-3-2-4-12(13)20-14(21)8-19-11-6-7-22(9-11)10-15(16,17)18/h2-5,11,19H,6-10H2,1H3/t11-/m1/s1. The Kier molecular flexibility index (Phi) is 4.10. The first-order valence-electron chi connectivity index (χ1n) is 7.35. The molecule has 7 heteroatoms. The molecule has 1 aliphatic heterocycles. The second-order valence-electron chi connectivity index (χ2n) is 5.79. The minimum atomic E-state index is -4.12. The molecule has 0 saturated carbocycles. The van der Waals surface area contributed by atoms with Crippen molar-refractivity contribution in [3.63, 3.8) is 0 Å². The highest BCUT2D eigenvalue weighted by Gasteiger charge is 2.34. The zero-order valence-electron chi connectivity index (χ0n) is 12.4. The van der Waals surface area contributed by atoms with Gasteiger partial charge in [0.25, 0.3) is 0 Å². The number of likely N-dealkylation sites (tertiary alicyclic amines) is 1. The number of nitrogens with zero attached hydrogens (tertiary/aromatic N) is 3. The van der Waals surface area contributed by atoms with Gasteiger partial charge in [0, 0.05) is 26.2 Å². The van der Waals surface area contributed by atoms with Crippen molar-refractivity contribution in [3.05, 3.63) is 30.1 Å². The van der Waals surface area contributed by atoms with Crippen LogP contribution in [0.4, 0.5) is 13.2 Å². The summed E-state index contributed by atoms with van der Waals surface area (Å²) in [6, 6.07) is 7.96. The summed E-state index contributed by atoms with van der Waals surface area (Å²) in [6.45, 7) is 0.663. The minimum Gasteiger partial charge on any atom is -0.330 e. The fourth-order valence-corrected chi connectivity index (χ4v) is 2.99. The van der Waals surface area contributed by atoms with Gasteiger partial charge in [-0.1, -0.05) is 12.1 Å². The van der Waals surface area contributed by atoms with Crippen LogP contribution in [0.1, 0.15) is 12.2 Å². The molecular formula is C15H19F3N4. The van der Waals surface area contributed by atoms with E-state index in [0.29, 0.717) is 19.6 Å². The molecule has 3 rings (SSSR count). The Morgan fingerprint density at radius 2 is 2.09 bits per heavy atom. The van der Waals surface area contributed by atoms with E-state index in [1.807, 2.05) is 35.9 Å². The minimum absolute atomic E-state index is 0.0853. The van der Waals surface area contributed by atoms with Crippen molar-refractivity contribution in [2.75, 3.05) is 19.6 Å². The van der Waals surface area contributed by atoms with Crippen LogP contribution in [0.2, 0.25) is 0 Å². The van der Waals surface area contributed by atoms with E-state index in [2.05, 4.69) is 10.3 Å². The molecule has 1 aromatic heterocycles. The predicted octanol–water partition coefficient (Wildman–Crippen LogP) is 2.30. The van der Waals surface area contributed by atoms with Crippen molar-refractivity contribution in [1.82, 2.24) is 19.8 Å². The van der Waals surface area contributed by atoms with Gasteiger partial charge in [0.2, 0.25) is 0 Å². The summed E-state index contributed by atoms with van der Waals surface area (Å²) in [4.78, 5) is 6.01. The maximum absolute atomic E-state index is 12.4. The second-order valence-corrected chi connectivity index (χ2v) is 5.79. The number of aromatic nitrogens is 2. The van der Waals surface area contributed by atoms with Gasteiger partial charge in [0.15, 0.2) is 0 Å². The van der Waals surface area contributed by atoms with Crippen LogP contribution in [-0.2, 0) is 13.6 Å². The highest BCUT2D eigenvalue weighted by atomic mass is 19.4. The van der Waals surface area contributed by atoms with Crippen LogP contribution >= 0.6 is 0 Å². The monoisotopic (exact) mass is 312 g/mol. The molecular weight excluding hydrogens is 293 g/mol. The quantitative estimate of drug-likeness (QED) is 0.940. The van der Waals surface area contributed by atoms with E-state index in [1.165, 1.54) is 4.90 Å². The van der Waals surface area contributed by atoms with Crippen molar-refractivity contribution in [2.24, 2.45) is 7.05 Å². The molecule has 0 bridgehead atoms. The molecule has 1 atom stereocenters. The number of alkyl halides is 3. The zero-order chi connectivity index (χ0) is 15.7. The van der Waals surface area contributed by atoms with Gasteiger partial charge in [-0.15, -0.1) is 0 Å². The molecule has 1 fully saturated rings. The van der Waals surface area contributed by atoms with Gasteiger partial charge in [-0.3, -0.25) is 4.90 Å². The van der Waals surface area contributed by atoms with Crippen molar-refractivity contribution in [2.45, 2.75) is 25.2 Å². The van der Waals surface area contributed by atoms with E-state index in [-0.39, 0.29) is 6.04 Å². The van der Waals surface area contributed by atoms with Gasteiger partial charge in [0.05, 0.1) is 24.1 Å². The summed E-state index contributed by atoms with van der Waals surface area (Å²) in [5.41, 5.74) is 2.00. The fourth-order valence-electron chi connectivity index (χ4n) is 2.99. The molecule has 0 amide bonds. The first kappa shape index (κ1) is 15.3. The molecule has 0 unspecified atom stereocenters. The maximum atomic E-state index is 12.4. The molecule has 1 aliphatic rings. The Labute approximate surface area is 126 Å². The first-order valence-corrected chi connectivity index (χ1v) is 7.35. The molecule has 4 nitrogen and oxygen atoms in total. The summed E-state index contributed by atoms with van der Waals surface area (Å²) in [5.74, 6) is 0.899. The third-order valence-electron chi connectivity index (χ3n) is 4.10. The lowest BCUT2D eigenvalue weighted by molar-refractivity contribution is -0.143. The fraction of sp³-hybridized carbons (Fsp3) is 0.533. The topological polar surface area (TPSA) is 33.1 Å². The SMILES string of the molecule is Cn1c(CN[C@@H]2CCN(CC(F)(F)F)C2)nc2ccccc21. The summed E-state index contributed by atoms with van der Waals surface area (Å²) in [7, 11) is 1.96. The van der Waals surface area contributed by atoms with Crippen LogP contribution < -0.4 is 5.32 Å². The maximum Gasteiger partial charge on any atom is 0.401 e. The molecule has 120 valence electrons. The molecule has 0 aliphatic carbocycles. The molecule has 2 heterocycles. The summed E-state index contributed by atoms with van der Waals surface area (Å²) < 4.78 is 39.2. The lowest BCUT2D eigenvalue weighted by Crippen LogP contribution is -2.36. The van der Waals surface area contributed by atoms with Crippen LogP contribution in [0.15, 0.2) is 24.3 Å². The number of aryl methyl sites for hydroxylation is 1. The van der Waals surface area contributed by atoms with Crippen LogP contribution in [0.5, 0.6) is 0 Å². The molecule has 0 spiro atoms. The average molecular weight is 312 g/mol. The number of hydrogen-bond acceptors (Lipinski definition) is 3. The smallest absolute Gasteiger partial charge is 0.330 e. The van der Waals surface area contributed by atoms with Crippen molar-refractivity contribution >= 4 is 11.0 Å². The molecule has 1 saturated heterocycles. The Morgan fingerprint density at radius 1 is 1.32 bits per heavy atom. The van der Waals surface area contributed by atoms with Crippen LogP contribution in [0.3, 0.4) is 0 Å². The highest BCUT2D eigenvalue weighted by molar-refractivity contribution is 5.75. The van der Waals surface area contributed by atoms with Gasteiger partial charge >= 0.3 is 6.18 Å². The van der Waals surface area contributed by atoms with E-state index in [1.54, 1.807) is 0 Å². The van der Waals surface area contributed by atoms with E-state index in [9.17, 15) is 13.2 Å². The first-order chi connectivity index (χ1) is 10.4. The summed E-state index contributed by atoms with van der Waals surface area (Å²) >= 11 is 0. The van der Waals surface area contributed by atoms with E-state index < -0.39 is 12.7 Å². The van der Waals surface area contributed by atoms with Gasteiger partial charge in [-0.05, 0) is 18.6 Å². The molecule has 1 aromatic carbocycles. The summed E-state index contributed by atoms with van der Waals surface area (Å²) in [6.07, 6.45) is -3.38. The molecule has 2 aromatic rings. The van der Waals surface area contributed by atoms with Gasteiger partial charge < -0.3 is 9.88 Å². The zero-order valence-corrected chi connectivity index (χ0v) is 12.4. The van der Waals surface area contributed by atoms with Gasteiger partial charge in [0.1, 0.15) is 5.82 Å². The van der Waals surface area contributed by atoms with Crippen LogP contribution in [0, 0.1) is 0 Å². The van der Waals surface area contributed by atoms with Crippen molar-refractivity contribution in [3.8, 4) is 0 Å². The summed E-state index contributed by atoms with van der Waals surface area (Å²) in [5, 5.41) is 3.32. The number of halogens is 3. The Morgan fingerprint density at radius 3 is 2.82 bits per heavy atom. The van der Waals surface area contributed by atoms with E-state index >= 15 is 0 Å². The molecule has 0 radical (unpaired) electrons. The lowest BCUT2D eigenvalue weighted by Gasteiger charge is -2.18. The number of nitrogens with one attached hydrogen (secondary N) is 1. The Bertz CT molecular complexity index is 650. The lowest BCUT2D eigenvalue weighted by atomic mass is 10.2. The molecule has 22 heavy (non-hydrogen) atoms. The number of rotatable bonds is 4. The van der Waals surface area contributed by atoms with Crippen molar-refractivity contribution < 1.29 is 13.2 Å². The number of fused-ring (bicyclic) bond motifs is 1. The number of imidazole rings is 1. The van der Waals surface area contributed by atoms with E-state index in [4.69, 9.17) is 0 Å². The number of benzene rings is 1. The van der Waals surface area contributed by atoms with Crippen LogP contribution in [0.25, 0.3) is 11.0 Å². The predicted molar refractivity (Wildman–Crippen MR) is 78.5 cm³/mol. The molecule has 1 N–H and O–H groups in total. The van der Waals surface area contributed by atoms with Crippen LogP contribution in [-0.4, -0.2) is 46.3 Å². The second kappa shape index (κ2) is 5.89. The third-order valence-corrected chi connectivity index (χ3v) is 4.10. The van der Waals surface area contributed by atoms with Crippen molar-refractivity contribution in [1.29, 1.82) is 0 Å². The third kappa shape index (κ3) is 3.41. The number of hydrogen-bond donors (Lipinski definition) is 1. The van der Waals surface area contributed by atoms with Gasteiger partial charge in [-0.25, -0.2) is 4.98 Å². The van der Waals surface area contributed by atoms with Gasteiger partial charge in [-0.2, -0.15) is 13.2 Å².